The molecule has 6 heteroatoms. The Labute approximate surface area is 108 Å². The molecule has 0 saturated heterocycles. The van der Waals surface area contributed by atoms with Gasteiger partial charge in [-0.05, 0) is 12.1 Å². The van der Waals surface area contributed by atoms with Gasteiger partial charge in [-0.25, -0.2) is 0 Å². The van der Waals surface area contributed by atoms with Crippen LogP contribution in [0.3, 0.4) is 0 Å². The monoisotopic (exact) mass is 257 g/mol. The number of para-hydroxylation sites is 1. The summed E-state index contributed by atoms with van der Waals surface area (Å²) in [7, 11) is 1.66. The number of nitrogens with zero attached hydrogens (tertiary/aromatic N) is 3. The van der Waals surface area contributed by atoms with Crippen molar-refractivity contribution in [2.75, 3.05) is 7.05 Å². The first-order valence-corrected chi connectivity index (χ1v) is 5.74. The first-order valence-electron chi connectivity index (χ1n) is 5.74. The summed E-state index contributed by atoms with van der Waals surface area (Å²) in [6, 6.07) is 6.51. The Morgan fingerprint density at radius 3 is 2.84 bits per heavy atom. The summed E-state index contributed by atoms with van der Waals surface area (Å²) in [5.41, 5.74) is 0.917. The normalized spacial score (nSPS) is 17.8. The number of rotatable bonds is 2. The topological polar surface area (TPSA) is 68.4 Å². The maximum absolute atomic E-state index is 12.1. The van der Waals surface area contributed by atoms with E-state index in [-0.39, 0.29) is 17.8 Å². The average molecular weight is 257 g/mol. The quantitative estimate of drug-likeness (QED) is 0.471. The SMILES string of the molecule is C=CC1N(C)C(=O)c2cc3cccc([N+](=O)[O-])c3n21. The second-order valence-electron chi connectivity index (χ2n) is 4.44. The average Bonchev–Trinajstić information content (AvgIpc) is 2.87. The Morgan fingerprint density at radius 1 is 1.47 bits per heavy atom. The summed E-state index contributed by atoms with van der Waals surface area (Å²) in [6.45, 7) is 3.70. The molecule has 2 heterocycles. The molecule has 0 spiro atoms. The predicted octanol–water partition coefficient (Wildman–Crippen LogP) is 2.32. The molecular formula is C13H11N3O3. The molecule has 6 nitrogen and oxygen atoms in total. The van der Waals surface area contributed by atoms with E-state index in [4.69, 9.17) is 0 Å². The van der Waals surface area contributed by atoms with Gasteiger partial charge in [-0.3, -0.25) is 14.9 Å². The highest BCUT2D eigenvalue weighted by atomic mass is 16.6. The van der Waals surface area contributed by atoms with E-state index >= 15 is 0 Å². The number of carbonyl (C=O) groups excluding carboxylic acids is 1. The molecule has 96 valence electrons. The number of non-ortho nitro benzene ring substituents is 1. The van der Waals surface area contributed by atoms with Gasteiger partial charge < -0.3 is 9.47 Å². The van der Waals surface area contributed by atoms with Crippen molar-refractivity contribution in [2.24, 2.45) is 0 Å². The molecule has 0 aliphatic carbocycles. The van der Waals surface area contributed by atoms with Crippen LogP contribution < -0.4 is 0 Å². The number of carbonyl (C=O) groups is 1. The van der Waals surface area contributed by atoms with Crippen molar-refractivity contribution < 1.29 is 9.72 Å². The molecule has 0 radical (unpaired) electrons. The fourth-order valence-corrected chi connectivity index (χ4v) is 2.59. The van der Waals surface area contributed by atoms with Crippen LogP contribution in [0.15, 0.2) is 36.9 Å². The third-order valence-corrected chi connectivity index (χ3v) is 3.45. The van der Waals surface area contributed by atoms with Gasteiger partial charge in [0.05, 0.1) is 4.92 Å². The van der Waals surface area contributed by atoms with Crippen molar-refractivity contribution in [3.63, 3.8) is 0 Å². The Bertz CT molecular complexity index is 732. The Morgan fingerprint density at radius 2 is 2.21 bits per heavy atom. The van der Waals surface area contributed by atoms with Crippen LogP contribution in [0.25, 0.3) is 10.9 Å². The van der Waals surface area contributed by atoms with E-state index in [1.54, 1.807) is 35.9 Å². The maximum atomic E-state index is 12.1. The smallest absolute Gasteiger partial charge is 0.293 e. The zero-order chi connectivity index (χ0) is 13.7. The van der Waals surface area contributed by atoms with Crippen LogP contribution in [0.1, 0.15) is 16.7 Å². The van der Waals surface area contributed by atoms with Gasteiger partial charge in [-0.15, -0.1) is 0 Å². The van der Waals surface area contributed by atoms with E-state index < -0.39 is 4.92 Å². The minimum absolute atomic E-state index is 0.00120. The van der Waals surface area contributed by atoms with Gasteiger partial charge in [0.1, 0.15) is 17.4 Å². The highest BCUT2D eigenvalue weighted by Gasteiger charge is 2.35. The Hall–Kier alpha value is -2.63. The number of likely N-dealkylation sites (N-methyl/N-ethyl adjacent to an activating group) is 1. The van der Waals surface area contributed by atoms with Gasteiger partial charge in [-0.2, -0.15) is 0 Å². The third-order valence-electron chi connectivity index (χ3n) is 3.45. The highest BCUT2D eigenvalue weighted by Crippen LogP contribution is 2.37. The fourth-order valence-electron chi connectivity index (χ4n) is 2.59. The summed E-state index contributed by atoms with van der Waals surface area (Å²) in [5, 5.41) is 11.8. The first-order chi connectivity index (χ1) is 9.06. The molecule has 0 N–H and O–H groups in total. The lowest BCUT2D eigenvalue weighted by molar-refractivity contribution is -0.383. The van der Waals surface area contributed by atoms with Gasteiger partial charge in [0.15, 0.2) is 0 Å². The molecule has 2 aromatic rings. The van der Waals surface area contributed by atoms with Crippen molar-refractivity contribution >= 4 is 22.5 Å². The molecule has 3 rings (SSSR count). The predicted molar refractivity (Wildman–Crippen MR) is 69.9 cm³/mol. The number of aromatic nitrogens is 1. The molecule has 1 unspecified atom stereocenters. The number of amides is 1. The molecule has 19 heavy (non-hydrogen) atoms. The summed E-state index contributed by atoms with van der Waals surface area (Å²) >= 11 is 0. The molecule has 0 fully saturated rings. The number of nitro benzene ring substituents is 1. The van der Waals surface area contributed by atoms with Crippen molar-refractivity contribution in [3.8, 4) is 0 Å². The van der Waals surface area contributed by atoms with E-state index in [1.807, 2.05) is 0 Å². The molecule has 1 amide bonds. The number of hydrogen-bond donors (Lipinski definition) is 0. The van der Waals surface area contributed by atoms with E-state index in [0.29, 0.717) is 16.6 Å². The summed E-state index contributed by atoms with van der Waals surface area (Å²) in [5.74, 6) is -0.157. The lowest BCUT2D eigenvalue weighted by Gasteiger charge is -2.18. The summed E-state index contributed by atoms with van der Waals surface area (Å²) < 4.78 is 1.67. The van der Waals surface area contributed by atoms with Crippen molar-refractivity contribution in [3.05, 3.63) is 52.7 Å². The second-order valence-corrected chi connectivity index (χ2v) is 4.44. The van der Waals surface area contributed by atoms with Crippen LogP contribution in [0.2, 0.25) is 0 Å². The third kappa shape index (κ3) is 1.33. The molecule has 1 aliphatic rings. The number of fused-ring (bicyclic) bond motifs is 3. The minimum Gasteiger partial charge on any atom is -0.316 e. The zero-order valence-corrected chi connectivity index (χ0v) is 10.2. The standard InChI is InChI=1S/C13H11N3O3/c1-3-11-14(2)13(17)10-7-8-5-4-6-9(16(18)19)12(8)15(10)11/h3-7,11H,1H2,2H3. The zero-order valence-electron chi connectivity index (χ0n) is 10.2. The van der Waals surface area contributed by atoms with Crippen molar-refractivity contribution in [1.29, 1.82) is 0 Å². The number of hydrogen-bond acceptors (Lipinski definition) is 3. The highest BCUT2D eigenvalue weighted by molar-refractivity contribution is 6.03. The van der Waals surface area contributed by atoms with Crippen molar-refractivity contribution in [1.82, 2.24) is 9.47 Å². The summed E-state index contributed by atoms with van der Waals surface area (Å²) in [6.07, 6.45) is 1.21. The number of benzene rings is 1. The van der Waals surface area contributed by atoms with Crippen LogP contribution >= 0.6 is 0 Å². The molecule has 1 atom stereocenters. The largest absolute Gasteiger partial charge is 0.316 e. The van der Waals surface area contributed by atoms with Crippen LogP contribution in [0, 0.1) is 10.1 Å². The fraction of sp³-hybridized carbons (Fsp3) is 0.154. The van der Waals surface area contributed by atoms with Crippen LogP contribution in [-0.4, -0.2) is 27.3 Å². The summed E-state index contributed by atoms with van der Waals surface area (Å²) in [4.78, 5) is 24.3. The molecule has 1 aromatic heterocycles. The van der Waals surface area contributed by atoms with Gasteiger partial charge in [-0.1, -0.05) is 18.7 Å². The van der Waals surface area contributed by atoms with Crippen LogP contribution in [0.4, 0.5) is 5.69 Å². The molecule has 0 saturated carbocycles. The van der Waals surface area contributed by atoms with E-state index in [0.717, 1.165) is 0 Å². The minimum atomic E-state index is -0.432. The molecular weight excluding hydrogens is 246 g/mol. The van der Waals surface area contributed by atoms with Crippen LogP contribution in [-0.2, 0) is 0 Å². The lowest BCUT2D eigenvalue weighted by atomic mass is 10.2. The molecule has 1 aromatic carbocycles. The second kappa shape index (κ2) is 3.68. The Balaban J connectivity index is 2.43. The Kier molecular flexibility index (Phi) is 2.22. The van der Waals surface area contributed by atoms with E-state index in [1.165, 1.54) is 11.0 Å². The molecule has 1 aliphatic heterocycles. The van der Waals surface area contributed by atoms with Crippen molar-refractivity contribution in [2.45, 2.75) is 6.17 Å². The maximum Gasteiger partial charge on any atom is 0.293 e. The van der Waals surface area contributed by atoms with Gasteiger partial charge in [0.2, 0.25) is 0 Å². The van der Waals surface area contributed by atoms with Gasteiger partial charge in [0.25, 0.3) is 11.6 Å². The van der Waals surface area contributed by atoms with E-state index in [9.17, 15) is 14.9 Å². The van der Waals surface area contributed by atoms with Gasteiger partial charge in [0, 0.05) is 18.5 Å². The lowest BCUT2D eigenvalue weighted by Crippen LogP contribution is -2.23. The van der Waals surface area contributed by atoms with E-state index in [2.05, 4.69) is 6.58 Å². The van der Waals surface area contributed by atoms with Crippen LogP contribution in [0.5, 0.6) is 0 Å². The molecule has 0 bridgehead atoms. The number of nitro groups is 1. The van der Waals surface area contributed by atoms with Gasteiger partial charge >= 0.3 is 0 Å². The first kappa shape index (κ1) is 11.5.